The highest BCUT2D eigenvalue weighted by Crippen LogP contribution is 2.43. The number of hydrogen-bond donors (Lipinski definition) is 0. The van der Waals surface area contributed by atoms with Crippen LogP contribution in [0.3, 0.4) is 0 Å². The highest BCUT2D eigenvalue weighted by atomic mass is 35.5. The molecular formula is C20H20ClNO2. The van der Waals surface area contributed by atoms with Crippen LogP contribution in [0.2, 0.25) is 5.02 Å². The summed E-state index contributed by atoms with van der Waals surface area (Å²) in [4.78, 5) is 14.7. The molecule has 0 saturated carbocycles. The number of para-hydroxylation sites is 1. The molecule has 1 aliphatic rings. The first kappa shape index (κ1) is 16.6. The number of amides is 1. The number of hydrogen-bond acceptors (Lipinski definition) is 2. The zero-order valence-electron chi connectivity index (χ0n) is 14.3. The fourth-order valence-electron chi connectivity index (χ4n) is 2.92. The second-order valence-corrected chi connectivity index (χ2v) is 6.94. The minimum absolute atomic E-state index is 0.0300. The molecule has 24 heavy (non-hydrogen) atoms. The van der Waals surface area contributed by atoms with Crippen LogP contribution in [0.4, 0.5) is 5.69 Å². The summed E-state index contributed by atoms with van der Waals surface area (Å²) >= 11 is 6.34. The van der Waals surface area contributed by atoms with Gasteiger partial charge in [-0.1, -0.05) is 29.8 Å². The number of benzene rings is 2. The van der Waals surface area contributed by atoms with Crippen LogP contribution in [0.1, 0.15) is 25.0 Å². The van der Waals surface area contributed by atoms with Crippen molar-refractivity contribution in [3.63, 3.8) is 0 Å². The second-order valence-electron chi connectivity index (χ2n) is 6.53. The summed E-state index contributed by atoms with van der Waals surface area (Å²) in [5, 5.41) is 0.650. The Morgan fingerprint density at radius 1 is 1.12 bits per heavy atom. The lowest BCUT2D eigenvalue weighted by Crippen LogP contribution is -2.32. The Morgan fingerprint density at radius 2 is 1.79 bits per heavy atom. The third-order valence-corrected chi connectivity index (χ3v) is 4.67. The molecule has 0 aromatic heterocycles. The lowest BCUT2D eigenvalue weighted by atomic mass is 9.93. The average molecular weight is 342 g/mol. The first-order valence-corrected chi connectivity index (χ1v) is 8.20. The minimum Gasteiger partial charge on any atom is -0.496 e. The monoisotopic (exact) mass is 341 g/mol. The molecule has 0 saturated heterocycles. The molecule has 0 bridgehead atoms. The topological polar surface area (TPSA) is 29.5 Å². The minimum atomic E-state index is -0.590. The Bertz CT molecular complexity index is 825. The van der Waals surface area contributed by atoms with Gasteiger partial charge in [0, 0.05) is 16.3 Å². The summed E-state index contributed by atoms with van der Waals surface area (Å²) in [6.45, 7) is 5.77. The fraction of sp³-hybridized carbons (Fsp3) is 0.250. The summed E-state index contributed by atoms with van der Waals surface area (Å²) in [5.41, 5.74) is 2.80. The molecule has 0 unspecified atom stereocenters. The zero-order chi connectivity index (χ0) is 17.5. The Kier molecular flexibility index (Phi) is 4.14. The summed E-state index contributed by atoms with van der Waals surface area (Å²) < 4.78 is 5.54. The van der Waals surface area contributed by atoms with Gasteiger partial charge in [0.15, 0.2) is 0 Å². The summed E-state index contributed by atoms with van der Waals surface area (Å²) in [7, 11) is 1.63. The third kappa shape index (κ3) is 2.69. The van der Waals surface area contributed by atoms with E-state index in [0.717, 1.165) is 22.5 Å². The van der Waals surface area contributed by atoms with E-state index in [-0.39, 0.29) is 5.91 Å². The first-order chi connectivity index (χ1) is 11.3. The van der Waals surface area contributed by atoms with E-state index in [4.69, 9.17) is 16.3 Å². The van der Waals surface area contributed by atoms with E-state index in [1.54, 1.807) is 12.0 Å². The Labute approximate surface area is 147 Å². The number of ether oxygens (including phenoxy) is 1. The van der Waals surface area contributed by atoms with Crippen molar-refractivity contribution in [1.29, 1.82) is 0 Å². The largest absolute Gasteiger partial charge is 0.496 e. The summed E-state index contributed by atoms with van der Waals surface area (Å²) in [6, 6.07) is 13.4. The quantitative estimate of drug-likeness (QED) is 0.780. The molecular weight excluding hydrogens is 322 g/mol. The number of methoxy groups -OCH3 is 1. The number of anilines is 1. The van der Waals surface area contributed by atoms with Crippen LogP contribution in [0.15, 0.2) is 48.5 Å². The van der Waals surface area contributed by atoms with E-state index >= 15 is 0 Å². The third-order valence-electron chi connectivity index (χ3n) is 4.26. The van der Waals surface area contributed by atoms with Gasteiger partial charge in [-0.3, -0.25) is 9.69 Å². The number of nitrogens with zero attached hydrogens (tertiary/aromatic N) is 1. The van der Waals surface area contributed by atoms with Crippen LogP contribution in [0, 0.1) is 12.3 Å². The van der Waals surface area contributed by atoms with Gasteiger partial charge >= 0.3 is 0 Å². The van der Waals surface area contributed by atoms with Crippen molar-refractivity contribution in [3.05, 3.63) is 64.7 Å². The highest BCUT2D eigenvalue weighted by Gasteiger charge is 2.41. The lowest BCUT2D eigenvalue weighted by molar-refractivity contribution is -0.122. The van der Waals surface area contributed by atoms with Crippen molar-refractivity contribution in [3.8, 4) is 5.75 Å². The van der Waals surface area contributed by atoms with Crippen LogP contribution in [-0.2, 0) is 4.79 Å². The van der Waals surface area contributed by atoms with Crippen molar-refractivity contribution in [2.75, 3.05) is 12.0 Å². The normalized spacial score (nSPS) is 16.3. The standard InChI is InChI=1S/C20H20ClNO2/c1-13-10-18(24-4)15(11-16(13)21)17-12-20(2,3)19(23)22(17)14-8-6-5-7-9-14/h5-12H,1-4H3. The number of halogens is 1. The van der Waals surface area contributed by atoms with Crippen LogP contribution in [0.25, 0.3) is 5.70 Å². The van der Waals surface area contributed by atoms with Crippen molar-refractivity contribution in [2.24, 2.45) is 5.41 Å². The number of carbonyl (C=O) groups excluding carboxylic acids is 1. The molecule has 3 rings (SSSR count). The van der Waals surface area contributed by atoms with Crippen LogP contribution >= 0.6 is 11.6 Å². The molecule has 1 heterocycles. The van der Waals surface area contributed by atoms with Crippen molar-refractivity contribution in [1.82, 2.24) is 0 Å². The van der Waals surface area contributed by atoms with Gasteiger partial charge in [-0.05, 0) is 56.7 Å². The van der Waals surface area contributed by atoms with Gasteiger partial charge in [0.25, 0.3) is 0 Å². The lowest BCUT2D eigenvalue weighted by Gasteiger charge is -2.24. The van der Waals surface area contributed by atoms with Crippen molar-refractivity contribution >= 4 is 28.9 Å². The van der Waals surface area contributed by atoms with Gasteiger partial charge in [-0.2, -0.15) is 0 Å². The molecule has 124 valence electrons. The van der Waals surface area contributed by atoms with E-state index in [9.17, 15) is 4.79 Å². The maximum absolute atomic E-state index is 13.0. The fourth-order valence-corrected chi connectivity index (χ4v) is 3.08. The van der Waals surface area contributed by atoms with Gasteiger partial charge in [-0.25, -0.2) is 0 Å². The molecule has 4 heteroatoms. The van der Waals surface area contributed by atoms with Crippen LogP contribution in [0.5, 0.6) is 5.75 Å². The van der Waals surface area contributed by atoms with Crippen LogP contribution < -0.4 is 9.64 Å². The van der Waals surface area contributed by atoms with E-state index < -0.39 is 5.41 Å². The first-order valence-electron chi connectivity index (χ1n) is 7.82. The molecule has 0 N–H and O–H groups in total. The predicted octanol–water partition coefficient (Wildman–Crippen LogP) is 5.07. The molecule has 0 atom stereocenters. The Morgan fingerprint density at radius 3 is 2.42 bits per heavy atom. The predicted molar refractivity (Wildman–Crippen MR) is 98.4 cm³/mol. The molecule has 0 radical (unpaired) electrons. The Hall–Kier alpha value is -2.26. The van der Waals surface area contributed by atoms with Gasteiger partial charge in [0.2, 0.25) is 5.91 Å². The van der Waals surface area contributed by atoms with Gasteiger partial charge < -0.3 is 4.74 Å². The van der Waals surface area contributed by atoms with E-state index in [1.165, 1.54) is 0 Å². The molecule has 0 aliphatic carbocycles. The summed E-state index contributed by atoms with van der Waals surface area (Å²) in [5.74, 6) is 0.733. The van der Waals surface area contributed by atoms with Crippen molar-refractivity contribution in [2.45, 2.75) is 20.8 Å². The average Bonchev–Trinajstić information content (AvgIpc) is 2.80. The molecule has 1 amide bonds. The van der Waals surface area contributed by atoms with Crippen molar-refractivity contribution < 1.29 is 9.53 Å². The van der Waals surface area contributed by atoms with Gasteiger partial charge in [0.1, 0.15) is 5.75 Å². The zero-order valence-corrected chi connectivity index (χ0v) is 15.0. The second kappa shape index (κ2) is 5.99. The number of carbonyl (C=O) groups is 1. The van der Waals surface area contributed by atoms with Gasteiger partial charge in [0.05, 0.1) is 18.2 Å². The molecule has 1 aliphatic heterocycles. The maximum atomic E-state index is 13.0. The number of rotatable bonds is 3. The van der Waals surface area contributed by atoms with E-state index in [2.05, 4.69) is 0 Å². The molecule has 0 fully saturated rings. The smallest absolute Gasteiger partial charge is 0.241 e. The van der Waals surface area contributed by atoms with E-state index in [1.807, 2.05) is 69.3 Å². The maximum Gasteiger partial charge on any atom is 0.241 e. The SMILES string of the molecule is COc1cc(C)c(Cl)cc1C1=CC(C)(C)C(=O)N1c1ccccc1. The molecule has 0 spiro atoms. The molecule has 2 aromatic carbocycles. The highest BCUT2D eigenvalue weighted by molar-refractivity contribution is 6.31. The summed E-state index contributed by atoms with van der Waals surface area (Å²) in [6.07, 6.45) is 1.98. The molecule has 2 aromatic rings. The number of aryl methyl sites for hydroxylation is 1. The van der Waals surface area contributed by atoms with Gasteiger partial charge in [-0.15, -0.1) is 0 Å². The Balaban J connectivity index is 2.21. The van der Waals surface area contributed by atoms with Crippen LogP contribution in [-0.4, -0.2) is 13.0 Å². The molecule has 3 nitrogen and oxygen atoms in total. The van der Waals surface area contributed by atoms with E-state index in [0.29, 0.717) is 10.8 Å².